The number of alkyl halides is 3. The number of benzene rings is 2. The summed E-state index contributed by atoms with van der Waals surface area (Å²) in [5.41, 5.74) is -1.21. The van der Waals surface area contributed by atoms with Crippen LogP contribution in [0.5, 0.6) is 5.75 Å². The molecule has 0 bridgehead atoms. The molecule has 5 nitrogen and oxygen atoms in total. The molecule has 1 atom stereocenters. The molecule has 2 aromatic rings. The van der Waals surface area contributed by atoms with Gasteiger partial charge in [-0.05, 0) is 42.0 Å². The molecule has 1 amide bonds. The number of amides is 1. The van der Waals surface area contributed by atoms with Gasteiger partial charge in [-0.15, -0.1) is 0 Å². The van der Waals surface area contributed by atoms with E-state index in [1.54, 1.807) is 12.1 Å². The van der Waals surface area contributed by atoms with E-state index >= 15 is 0 Å². The standard InChI is InChI=1S/C27H31F3N2O3/c1-25(2,20-11-7-4-8-12-20)21-13-15-22(16-14-21)35-18-24(33)32-26(34,27(28,29)30)17-23(31-32)19-9-5-3-6-10-19/h4,7-8,11-16,19,34H,3,5-6,9-10,17-18H2,1-2H3. The minimum Gasteiger partial charge on any atom is -0.484 e. The summed E-state index contributed by atoms with van der Waals surface area (Å²) in [6.45, 7) is 3.52. The molecule has 0 aromatic heterocycles. The highest BCUT2D eigenvalue weighted by Crippen LogP contribution is 2.43. The van der Waals surface area contributed by atoms with Crippen LogP contribution in [0.3, 0.4) is 0 Å². The molecule has 1 aliphatic carbocycles. The zero-order valence-electron chi connectivity index (χ0n) is 20.0. The number of rotatable bonds is 6. The van der Waals surface area contributed by atoms with Crippen molar-refractivity contribution < 1.29 is 27.8 Å². The van der Waals surface area contributed by atoms with Gasteiger partial charge in [0.2, 0.25) is 0 Å². The highest BCUT2D eigenvalue weighted by Gasteiger charge is 2.63. The van der Waals surface area contributed by atoms with Gasteiger partial charge < -0.3 is 9.84 Å². The van der Waals surface area contributed by atoms with E-state index in [1.807, 2.05) is 42.5 Å². The molecule has 188 valence electrons. The number of hydrogen-bond donors (Lipinski definition) is 1. The topological polar surface area (TPSA) is 62.1 Å². The van der Waals surface area contributed by atoms with E-state index < -0.39 is 30.8 Å². The van der Waals surface area contributed by atoms with Crippen LogP contribution in [0.15, 0.2) is 59.7 Å². The largest absolute Gasteiger partial charge is 0.484 e. The Morgan fingerprint density at radius 2 is 1.63 bits per heavy atom. The fourth-order valence-corrected chi connectivity index (χ4v) is 4.91. The summed E-state index contributed by atoms with van der Waals surface area (Å²) < 4.78 is 46.9. The smallest absolute Gasteiger partial charge is 0.438 e. The third-order valence-electron chi connectivity index (χ3n) is 7.21. The summed E-state index contributed by atoms with van der Waals surface area (Å²) in [5.74, 6) is -0.835. The van der Waals surface area contributed by atoms with Gasteiger partial charge in [0.05, 0.1) is 0 Å². The second-order valence-corrected chi connectivity index (χ2v) is 9.93. The molecule has 0 saturated heterocycles. The van der Waals surface area contributed by atoms with Crippen molar-refractivity contribution in [3.8, 4) is 5.75 Å². The molecule has 0 radical (unpaired) electrons. The molecule has 1 heterocycles. The summed E-state index contributed by atoms with van der Waals surface area (Å²) >= 11 is 0. The van der Waals surface area contributed by atoms with Crippen LogP contribution in [0.4, 0.5) is 13.2 Å². The molecule has 8 heteroatoms. The van der Waals surface area contributed by atoms with Gasteiger partial charge in [-0.3, -0.25) is 4.79 Å². The lowest BCUT2D eigenvalue weighted by Gasteiger charge is -2.32. The number of ether oxygens (including phenoxy) is 1. The van der Waals surface area contributed by atoms with Crippen LogP contribution in [0.1, 0.15) is 63.5 Å². The van der Waals surface area contributed by atoms with Gasteiger partial charge >= 0.3 is 6.18 Å². The lowest BCUT2D eigenvalue weighted by Crippen LogP contribution is -2.57. The van der Waals surface area contributed by atoms with E-state index in [0.29, 0.717) is 5.75 Å². The molecule has 1 N–H and O–H groups in total. The third kappa shape index (κ3) is 5.08. The number of carbonyl (C=O) groups is 1. The molecule has 1 aliphatic heterocycles. The Hall–Kier alpha value is -2.87. The normalized spacial score (nSPS) is 21.7. The van der Waals surface area contributed by atoms with Gasteiger partial charge in [-0.1, -0.05) is 75.6 Å². The minimum atomic E-state index is -5.03. The summed E-state index contributed by atoms with van der Waals surface area (Å²) in [6, 6.07) is 17.1. The molecule has 1 unspecified atom stereocenters. The highest BCUT2D eigenvalue weighted by molar-refractivity contribution is 5.92. The molecule has 1 fully saturated rings. The number of aliphatic hydroxyl groups is 1. The van der Waals surface area contributed by atoms with Gasteiger partial charge in [0.15, 0.2) is 6.61 Å². The van der Waals surface area contributed by atoms with E-state index in [4.69, 9.17) is 4.74 Å². The Labute approximate surface area is 203 Å². The number of halogens is 3. The predicted octanol–water partition coefficient (Wildman–Crippen LogP) is 5.81. The summed E-state index contributed by atoms with van der Waals surface area (Å²) in [6.07, 6.45) is -1.47. The molecule has 2 aromatic carbocycles. The lowest BCUT2D eigenvalue weighted by atomic mass is 9.78. The van der Waals surface area contributed by atoms with E-state index in [-0.39, 0.29) is 22.1 Å². The van der Waals surface area contributed by atoms with Crippen LogP contribution in [0.25, 0.3) is 0 Å². The number of hydrogen-bond acceptors (Lipinski definition) is 4. The van der Waals surface area contributed by atoms with E-state index in [9.17, 15) is 23.1 Å². The zero-order chi connectivity index (χ0) is 25.3. The lowest BCUT2D eigenvalue weighted by molar-refractivity contribution is -0.302. The van der Waals surface area contributed by atoms with Gasteiger partial charge in [0.25, 0.3) is 11.6 Å². The second kappa shape index (κ2) is 9.64. The maximum Gasteiger partial charge on any atom is 0.438 e. The average Bonchev–Trinajstić information content (AvgIpc) is 3.23. The van der Waals surface area contributed by atoms with Crippen molar-refractivity contribution in [3.63, 3.8) is 0 Å². The number of nitrogens with zero attached hydrogens (tertiary/aromatic N) is 2. The van der Waals surface area contributed by atoms with Gasteiger partial charge in [0.1, 0.15) is 5.75 Å². The van der Waals surface area contributed by atoms with Crippen LogP contribution in [0, 0.1) is 5.92 Å². The van der Waals surface area contributed by atoms with Crippen LogP contribution >= 0.6 is 0 Å². The van der Waals surface area contributed by atoms with Crippen molar-refractivity contribution in [2.45, 2.75) is 69.7 Å². The zero-order valence-corrected chi connectivity index (χ0v) is 20.0. The first kappa shape index (κ1) is 25.2. The summed E-state index contributed by atoms with van der Waals surface area (Å²) in [4.78, 5) is 12.8. The molecular weight excluding hydrogens is 457 g/mol. The molecular formula is C27H31F3N2O3. The highest BCUT2D eigenvalue weighted by atomic mass is 19.4. The van der Waals surface area contributed by atoms with Gasteiger partial charge in [0, 0.05) is 17.5 Å². The SMILES string of the molecule is CC(C)(c1ccccc1)c1ccc(OCC(=O)N2N=C(C3CCCCC3)CC2(O)C(F)(F)F)cc1. The van der Waals surface area contributed by atoms with Crippen LogP contribution in [-0.2, 0) is 10.2 Å². The van der Waals surface area contributed by atoms with E-state index in [2.05, 4.69) is 18.9 Å². The first-order chi connectivity index (χ1) is 16.5. The molecule has 35 heavy (non-hydrogen) atoms. The Balaban J connectivity index is 1.46. The Morgan fingerprint density at radius 3 is 2.23 bits per heavy atom. The maximum absolute atomic E-state index is 13.8. The predicted molar refractivity (Wildman–Crippen MR) is 127 cm³/mol. The second-order valence-electron chi connectivity index (χ2n) is 9.93. The Kier molecular flexibility index (Phi) is 6.95. The molecule has 1 saturated carbocycles. The van der Waals surface area contributed by atoms with E-state index in [0.717, 1.165) is 43.2 Å². The molecule has 0 spiro atoms. The summed E-state index contributed by atoms with van der Waals surface area (Å²) in [7, 11) is 0. The first-order valence-corrected chi connectivity index (χ1v) is 12.0. The molecule has 2 aliphatic rings. The number of carbonyl (C=O) groups excluding carboxylic acids is 1. The van der Waals surface area contributed by atoms with Crippen molar-refractivity contribution in [3.05, 3.63) is 65.7 Å². The van der Waals surface area contributed by atoms with Crippen molar-refractivity contribution >= 4 is 11.6 Å². The maximum atomic E-state index is 13.8. The van der Waals surface area contributed by atoms with Crippen molar-refractivity contribution in [2.75, 3.05) is 6.61 Å². The molecule has 4 rings (SSSR count). The fraction of sp³-hybridized carbons (Fsp3) is 0.481. The van der Waals surface area contributed by atoms with Crippen LogP contribution < -0.4 is 4.74 Å². The first-order valence-electron chi connectivity index (χ1n) is 12.0. The van der Waals surface area contributed by atoms with Crippen molar-refractivity contribution in [2.24, 2.45) is 11.0 Å². The monoisotopic (exact) mass is 488 g/mol. The van der Waals surface area contributed by atoms with Gasteiger partial charge in [-0.2, -0.15) is 23.3 Å². The van der Waals surface area contributed by atoms with Crippen LogP contribution in [0.2, 0.25) is 0 Å². The van der Waals surface area contributed by atoms with Crippen molar-refractivity contribution in [1.82, 2.24) is 5.01 Å². The summed E-state index contributed by atoms with van der Waals surface area (Å²) in [5, 5.41) is 14.7. The fourth-order valence-electron chi connectivity index (χ4n) is 4.91. The van der Waals surface area contributed by atoms with E-state index in [1.165, 1.54) is 0 Å². The number of hydrazone groups is 1. The van der Waals surface area contributed by atoms with Crippen LogP contribution in [-0.4, -0.2) is 40.2 Å². The minimum absolute atomic E-state index is 0.142. The van der Waals surface area contributed by atoms with Crippen molar-refractivity contribution in [1.29, 1.82) is 0 Å². The Bertz CT molecular complexity index is 1060. The average molecular weight is 489 g/mol. The third-order valence-corrected chi connectivity index (χ3v) is 7.21. The quantitative estimate of drug-likeness (QED) is 0.558. The van der Waals surface area contributed by atoms with Gasteiger partial charge in [-0.25, -0.2) is 0 Å². The Morgan fingerprint density at radius 1 is 1.03 bits per heavy atom.